The third-order valence-electron chi connectivity index (χ3n) is 4.87. The van der Waals surface area contributed by atoms with E-state index < -0.39 is 24.5 Å². The van der Waals surface area contributed by atoms with Gasteiger partial charge in [0.05, 0.1) is 12.2 Å². The molecule has 31 heavy (non-hydrogen) atoms. The van der Waals surface area contributed by atoms with E-state index in [9.17, 15) is 14.7 Å². The fraction of sp³-hybridized carbons (Fsp3) is 0.304. The maximum absolute atomic E-state index is 12.8. The number of hydrogen-bond donors (Lipinski definition) is 3. The van der Waals surface area contributed by atoms with Gasteiger partial charge < -0.3 is 30.2 Å². The fourth-order valence-corrected chi connectivity index (χ4v) is 3.37. The molecule has 0 fully saturated rings. The molecule has 164 valence electrons. The van der Waals surface area contributed by atoms with Gasteiger partial charge in [-0.3, -0.25) is 9.59 Å². The highest BCUT2D eigenvalue weighted by atomic mass is 16.5. The Labute approximate surface area is 180 Å². The Balaban J connectivity index is 1.93. The summed E-state index contributed by atoms with van der Waals surface area (Å²) in [7, 11) is 3.95. The summed E-state index contributed by atoms with van der Waals surface area (Å²) >= 11 is 0. The molecule has 0 aliphatic heterocycles. The number of nitrogens with two attached hydrogens (primary N) is 1. The maximum Gasteiger partial charge on any atom is 0.256 e. The second-order valence-corrected chi connectivity index (χ2v) is 7.58. The number of nitrogens with zero attached hydrogens (tertiary/aromatic N) is 1. The summed E-state index contributed by atoms with van der Waals surface area (Å²) in [5, 5.41) is 12.3. The smallest absolute Gasteiger partial charge is 0.256 e. The lowest BCUT2D eigenvalue weighted by atomic mass is 10.1. The molecule has 0 aliphatic rings. The van der Waals surface area contributed by atoms with Crippen LogP contribution in [-0.2, 0) is 4.79 Å². The van der Waals surface area contributed by atoms with Crippen molar-refractivity contribution in [1.82, 2.24) is 10.2 Å². The summed E-state index contributed by atoms with van der Waals surface area (Å²) in [5.74, 6) is -0.413. The van der Waals surface area contributed by atoms with Crippen LogP contribution < -0.4 is 15.8 Å². The van der Waals surface area contributed by atoms with E-state index in [-0.39, 0.29) is 11.7 Å². The van der Waals surface area contributed by atoms with Crippen LogP contribution >= 0.6 is 0 Å². The molecule has 3 aromatic rings. The van der Waals surface area contributed by atoms with Gasteiger partial charge in [0.2, 0.25) is 5.91 Å². The first kappa shape index (κ1) is 22.3. The van der Waals surface area contributed by atoms with Gasteiger partial charge in [-0.05, 0) is 44.8 Å². The number of hydrogen-bond acceptors (Lipinski definition) is 6. The number of fused-ring (bicyclic) bond motifs is 1. The predicted octanol–water partition coefficient (Wildman–Crippen LogP) is 2.00. The molecular weight excluding hydrogens is 398 g/mol. The molecule has 8 nitrogen and oxygen atoms in total. The van der Waals surface area contributed by atoms with Crippen molar-refractivity contribution in [3.8, 4) is 5.75 Å². The molecule has 2 amide bonds. The molecule has 8 heteroatoms. The largest absolute Gasteiger partial charge is 0.484 e. The molecular formula is C23H27N3O5. The topological polar surface area (TPSA) is 118 Å². The zero-order valence-electron chi connectivity index (χ0n) is 17.8. The first-order chi connectivity index (χ1) is 14.8. The van der Waals surface area contributed by atoms with Gasteiger partial charge in [0.25, 0.3) is 5.91 Å². The summed E-state index contributed by atoms with van der Waals surface area (Å²) in [6.07, 6.45) is -0.215. The van der Waals surface area contributed by atoms with E-state index in [1.807, 2.05) is 49.3 Å². The maximum atomic E-state index is 12.8. The Bertz CT molecular complexity index is 1060. The van der Waals surface area contributed by atoms with Gasteiger partial charge in [-0.2, -0.15) is 0 Å². The third-order valence-corrected chi connectivity index (χ3v) is 4.87. The fourth-order valence-electron chi connectivity index (χ4n) is 3.37. The van der Waals surface area contributed by atoms with Crippen molar-refractivity contribution in [2.75, 3.05) is 27.2 Å². The molecule has 0 saturated heterocycles. The number of nitrogens with one attached hydrogen (secondary N) is 1. The summed E-state index contributed by atoms with van der Waals surface area (Å²) in [4.78, 5) is 26.2. The van der Waals surface area contributed by atoms with Gasteiger partial charge in [-0.25, -0.2) is 0 Å². The van der Waals surface area contributed by atoms with E-state index in [4.69, 9.17) is 14.9 Å². The third kappa shape index (κ3) is 5.22. The Morgan fingerprint density at radius 2 is 1.90 bits per heavy atom. The van der Waals surface area contributed by atoms with Crippen LogP contribution in [0.1, 0.15) is 27.8 Å². The van der Waals surface area contributed by atoms with Crippen molar-refractivity contribution < 1.29 is 23.8 Å². The van der Waals surface area contributed by atoms with Crippen molar-refractivity contribution in [1.29, 1.82) is 0 Å². The first-order valence-corrected chi connectivity index (χ1v) is 9.90. The lowest BCUT2D eigenvalue weighted by Gasteiger charge is -2.23. The molecule has 0 bridgehead atoms. The predicted molar refractivity (Wildman–Crippen MR) is 117 cm³/mol. The molecule has 2 atom stereocenters. The van der Waals surface area contributed by atoms with Crippen LogP contribution in [0.25, 0.3) is 11.0 Å². The van der Waals surface area contributed by atoms with Crippen LogP contribution in [0.3, 0.4) is 0 Å². The number of ether oxygens (including phenoxy) is 1. The highest BCUT2D eigenvalue weighted by Crippen LogP contribution is 2.31. The number of aliphatic hydroxyl groups is 1. The zero-order chi connectivity index (χ0) is 22.5. The van der Waals surface area contributed by atoms with Crippen molar-refractivity contribution in [2.24, 2.45) is 5.73 Å². The van der Waals surface area contributed by atoms with Crippen molar-refractivity contribution >= 4 is 22.8 Å². The lowest BCUT2D eigenvalue weighted by molar-refractivity contribution is -0.120. The van der Waals surface area contributed by atoms with Crippen LogP contribution in [0.2, 0.25) is 0 Å². The zero-order valence-corrected chi connectivity index (χ0v) is 17.8. The van der Waals surface area contributed by atoms with Crippen LogP contribution in [-0.4, -0.2) is 55.1 Å². The highest BCUT2D eigenvalue weighted by Gasteiger charge is 2.24. The molecule has 0 aliphatic carbocycles. The monoisotopic (exact) mass is 425 g/mol. The number of carbonyl (C=O) groups excluding carboxylic acids is 2. The lowest BCUT2D eigenvalue weighted by Crippen LogP contribution is -2.46. The van der Waals surface area contributed by atoms with E-state index in [1.165, 1.54) is 0 Å². The van der Waals surface area contributed by atoms with Gasteiger partial charge in [0.1, 0.15) is 29.2 Å². The SMILES string of the molecule is Cc1oc2ccc(OC(CN(C)C)c3ccccc3)cc2c1C(=O)N[C@@H](CO)C(N)=O. The minimum Gasteiger partial charge on any atom is -0.484 e. The van der Waals surface area contributed by atoms with Crippen LogP contribution in [0.15, 0.2) is 52.9 Å². The Hall–Kier alpha value is -3.36. The molecule has 1 heterocycles. The second kappa shape index (κ2) is 9.63. The normalized spacial score (nSPS) is 13.2. The van der Waals surface area contributed by atoms with E-state index in [0.29, 0.717) is 29.0 Å². The summed E-state index contributed by atoms with van der Waals surface area (Å²) < 4.78 is 12.0. The average Bonchev–Trinajstić information content (AvgIpc) is 3.06. The minimum atomic E-state index is -1.18. The van der Waals surface area contributed by atoms with Gasteiger partial charge in [-0.1, -0.05) is 30.3 Å². The summed E-state index contributed by atoms with van der Waals surface area (Å²) in [5.41, 5.74) is 7.02. The average molecular weight is 425 g/mol. The van der Waals surface area contributed by atoms with Crippen molar-refractivity contribution in [3.63, 3.8) is 0 Å². The van der Waals surface area contributed by atoms with Crippen molar-refractivity contribution in [2.45, 2.75) is 19.1 Å². The Morgan fingerprint density at radius 3 is 2.52 bits per heavy atom. The number of aliphatic hydroxyl groups excluding tert-OH is 1. The Morgan fingerprint density at radius 1 is 1.19 bits per heavy atom. The number of primary amides is 1. The van der Waals surface area contributed by atoms with Crippen LogP contribution in [0.4, 0.5) is 0 Å². The van der Waals surface area contributed by atoms with Crippen molar-refractivity contribution in [3.05, 3.63) is 65.4 Å². The molecule has 0 spiro atoms. The van der Waals surface area contributed by atoms with Crippen LogP contribution in [0.5, 0.6) is 5.75 Å². The number of rotatable bonds is 9. The molecule has 1 aromatic heterocycles. The van der Waals surface area contributed by atoms with E-state index in [1.54, 1.807) is 25.1 Å². The summed E-state index contributed by atoms with van der Waals surface area (Å²) in [6.45, 7) is 1.73. The molecule has 4 N–H and O–H groups in total. The highest BCUT2D eigenvalue weighted by molar-refractivity contribution is 6.08. The molecule has 2 aromatic carbocycles. The second-order valence-electron chi connectivity index (χ2n) is 7.58. The molecule has 0 saturated carbocycles. The standard InChI is InChI=1S/C23H27N3O5/c1-14-21(23(29)25-18(13-27)22(24)28)17-11-16(9-10-19(17)30-14)31-20(12-26(2)3)15-7-5-4-6-8-15/h4-11,18,20,27H,12-13H2,1-3H3,(H2,24,28)(H,25,29)/t18-,20?/m0/s1. The molecule has 3 rings (SSSR count). The number of aryl methyl sites for hydroxylation is 1. The van der Waals surface area contributed by atoms with E-state index in [2.05, 4.69) is 5.32 Å². The van der Waals surface area contributed by atoms with Gasteiger partial charge in [0.15, 0.2) is 0 Å². The molecule has 0 radical (unpaired) electrons. The first-order valence-electron chi connectivity index (χ1n) is 9.90. The number of furan rings is 1. The van der Waals surface area contributed by atoms with Gasteiger partial charge in [0, 0.05) is 11.9 Å². The number of amides is 2. The minimum absolute atomic E-state index is 0.215. The van der Waals surface area contributed by atoms with E-state index >= 15 is 0 Å². The quantitative estimate of drug-likeness (QED) is 0.483. The van der Waals surface area contributed by atoms with Gasteiger partial charge >= 0.3 is 0 Å². The van der Waals surface area contributed by atoms with Gasteiger partial charge in [-0.15, -0.1) is 0 Å². The molecule has 1 unspecified atom stereocenters. The van der Waals surface area contributed by atoms with E-state index in [0.717, 1.165) is 5.56 Å². The summed E-state index contributed by atoms with van der Waals surface area (Å²) in [6, 6.07) is 14.0. The number of likely N-dealkylation sites (N-methyl/N-ethyl adjacent to an activating group) is 1. The number of carbonyl (C=O) groups is 2. The number of benzene rings is 2. The van der Waals surface area contributed by atoms with Crippen LogP contribution in [0, 0.1) is 6.92 Å². The Kier molecular flexibility index (Phi) is 6.94.